The lowest BCUT2D eigenvalue weighted by Crippen LogP contribution is -2.56. The van der Waals surface area contributed by atoms with E-state index in [9.17, 15) is 37.6 Å². The van der Waals surface area contributed by atoms with Crippen LogP contribution in [0.2, 0.25) is 0 Å². The number of hydrazine groups is 1. The predicted molar refractivity (Wildman–Crippen MR) is 90.5 cm³/mol. The molecule has 0 radical (unpaired) electrons. The van der Waals surface area contributed by atoms with Gasteiger partial charge in [-0.25, -0.2) is 22.6 Å². The van der Waals surface area contributed by atoms with Crippen LogP contribution in [0.5, 0.6) is 5.75 Å². The first-order chi connectivity index (χ1) is 14.1. The van der Waals surface area contributed by atoms with Gasteiger partial charge in [-0.2, -0.15) is 0 Å². The van der Waals surface area contributed by atoms with Gasteiger partial charge in [0, 0.05) is 18.2 Å². The number of hydrogen-bond donors (Lipinski definition) is 2. The Morgan fingerprint density at radius 2 is 1.90 bits per heavy atom. The number of nitrogens with zero attached hydrogens (tertiary/aromatic N) is 2. The zero-order chi connectivity index (χ0) is 22.1. The molecule has 3 rings (SSSR count). The minimum Gasteiger partial charge on any atom is -0.486 e. The standard InChI is InChI=1S/C17H13F4N3O6/c18-14(19)12-7-17(26,16(20)21)23(22-12)15(25)13-6-5-11(30-13)8-29-10-3-1-9(2-4-10)24(27)28/h1-7,14,16,22,26H,8H2. The number of hydrogen-bond acceptors (Lipinski definition) is 7. The van der Waals surface area contributed by atoms with Gasteiger partial charge in [-0.3, -0.25) is 20.3 Å². The lowest BCUT2D eigenvalue weighted by Gasteiger charge is -2.30. The van der Waals surface area contributed by atoms with Gasteiger partial charge in [-0.1, -0.05) is 0 Å². The number of carbonyl (C=O) groups excluding carboxylic acids is 1. The van der Waals surface area contributed by atoms with Crippen molar-refractivity contribution in [3.63, 3.8) is 0 Å². The van der Waals surface area contributed by atoms with E-state index < -0.39 is 40.9 Å². The number of furan rings is 1. The third kappa shape index (κ3) is 4.05. The maximum Gasteiger partial charge on any atom is 0.311 e. The Balaban J connectivity index is 1.69. The molecule has 0 aliphatic carbocycles. The Bertz CT molecular complexity index is 978. The quantitative estimate of drug-likeness (QED) is 0.393. The second kappa shape index (κ2) is 8.02. The van der Waals surface area contributed by atoms with Crippen LogP contribution in [0, 0.1) is 10.1 Å². The van der Waals surface area contributed by atoms with Crippen LogP contribution >= 0.6 is 0 Å². The number of nitro groups is 1. The van der Waals surface area contributed by atoms with Crippen molar-refractivity contribution >= 4 is 11.6 Å². The average Bonchev–Trinajstić information content (AvgIpc) is 3.31. The van der Waals surface area contributed by atoms with E-state index >= 15 is 0 Å². The molecule has 1 aromatic carbocycles. The number of non-ortho nitro benzene ring substituents is 1. The van der Waals surface area contributed by atoms with Crippen LogP contribution in [0.4, 0.5) is 23.2 Å². The average molecular weight is 431 g/mol. The Hall–Kier alpha value is -3.61. The molecule has 0 saturated heterocycles. The highest BCUT2D eigenvalue weighted by atomic mass is 19.3. The van der Waals surface area contributed by atoms with Crippen LogP contribution in [-0.2, 0) is 6.61 Å². The van der Waals surface area contributed by atoms with Gasteiger partial charge in [-0.15, -0.1) is 0 Å². The molecule has 1 atom stereocenters. The molecule has 1 aliphatic heterocycles. The fourth-order valence-electron chi connectivity index (χ4n) is 2.53. The molecule has 160 valence electrons. The minimum absolute atomic E-state index is 0.0427. The molecule has 2 N–H and O–H groups in total. The zero-order valence-electron chi connectivity index (χ0n) is 14.8. The van der Waals surface area contributed by atoms with Crippen molar-refractivity contribution in [2.75, 3.05) is 0 Å². The number of rotatable bonds is 7. The van der Waals surface area contributed by atoms with Gasteiger partial charge in [-0.05, 0) is 24.3 Å². The van der Waals surface area contributed by atoms with E-state index in [1.807, 2.05) is 0 Å². The summed E-state index contributed by atoms with van der Waals surface area (Å²) in [5.74, 6) is -1.51. The molecule has 2 aromatic rings. The lowest BCUT2D eigenvalue weighted by molar-refractivity contribution is -0.384. The third-order valence-electron chi connectivity index (χ3n) is 4.03. The van der Waals surface area contributed by atoms with Crippen molar-refractivity contribution < 1.29 is 41.5 Å². The summed E-state index contributed by atoms with van der Waals surface area (Å²) in [6.45, 7) is -0.224. The van der Waals surface area contributed by atoms with E-state index in [1.165, 1.54) is 30.3 Å². The molecule has 0 bridgehead atoms. The summed E-state index contributed by atoms with van der Waals surface area (Å²) < 4.78 is 62.6. The molecule has 2 heterocycles. The number of halogens is 4. The summed E-state index contributed by atoms with van der Waals surface area (Å²) in [6.07, 6.45) is -6.64. The second-order valence-electron chi connectivity index (χ2n) is 6.04. The highest BCUT2D eigenvalue weighted by molar-refractivity contribution is 5.92. The largest absolute Gasteiger partial charge is 0.486 e. The molecule has 0 fully saturated rings. The molecule has 13 heteroatoms. The topological polar surface area (TPSA) is 118 Å². The Labute approximate surface area is 165 Å². The first-order valence-electron chi connectivity index (χ1n) is 8.20. The first-order valence-corrected chi connectivity index (χ1v) is 8.20. The monoisotopic (exact) mass is 431 g/mol. The molecular weight excluding hydrogens is 418 g/mol. The van der Waals surface area contributed by atoms with E-state index in [4.69, 9.17) is 9.15 Å². The highest BCUT2D eigenvalue weighted by Gasteiger charge is 2.51. The molecule has 9 nitrogen and oxygen atoms in total. The van der Waals surface area contributed by atoms with E-state index in [-0.39, 0.29) is 34.9 Å². The maximum absolute atomic E-state index is 13.2. The fourth-order valence-corrected chi connectivity index (χ4v) is 2.53. The molecule has 0 spiro atoms. The molecule has 1 amide bonds. The van der Waals surface area contributed by atoms with E-state index in [0.29, 0.717) is 0 Å². The van der Waals surface area contributed by atoms with E-state index in [2.05, 4.69) is 0 Å². The lowest BCUT2D eigenvalue weighted by atomic mass is 10.2. The number of amides is 1. The summed E-state index contributed by atoms with van der Waals surface area (Å²) in [5.41, 5.74) is -2.73. The van der Waals surface area contributed by atoms with Crippen molar-refractivity contribution in [1.29, 1.82) is 0 Å². The van der Waals surface area contributed by atoms with Crippen molar-refractivity contribution in [2.45, 2.75) is 25.2 Å². The Morgan fingerprint density at radius 3 is 2.47 bits per heavy atom. The number of aliphatic hydroxyl groups is 1. The molecule has 1 unspecified atom stereocenters. The van der Waals surface area contributed by atoms with Crippen molar-refractivity contribution in [3.05, 3.63) is 69.8 Å². The van der Waals surface area contributed by atoms with Gasteiger partial charge < -0.3 is 14.3 Å². The van der Waals surface area contributed by atoms with Crippen LogP contribution in [-0.4, -0.2) is 39.5 Å². The maximum atomic E-state index is 13.2. The minimum atomic E-state index is -3.58. The number of benzene rings is 1. The third-order valence-corrected chi connectivity index (χ3v) is 4.03. The number of carbonyl (C=O) groups is 1. The van der Waals surface area contributed by atoms with Crippen LogP contribution < -0.4 is 10.2 Å². The number of ether oxygens (including phenoxy) is 1. The van der Waals surface area contributed by atoms with Crippen molar-refractivity contribution in [2.24, 2.45) is 0 Å². The van der Waals surface area contributed by atoms with Crippen LogP contribution in [0.15, 0.2) is 52.6 Å². The number of nitro benzene ring substituents is 1. The summed E-state index contributed by atoms with van der Waals surface area (Å²) in [4.78, 5) is 22.4. The van der Waals surface area contributed by atoms with Gasteiger partial charge in [0.05, 0.1) is 10.6 Å². The molecule has 1 aromatic heterocycles. The molecular formula is C17H13F4N3O6. The number of alkyl halides is 4. The summed E-state index contributed by atoms with van der Waals surface area (Å²) in [7, 11) is 0. The molecule has 1 aliphatic rings. The Kier molecular flexibility index (Phi) is 5.64. The Morgan fingerprint density at radius 1 is 1.23 bits per heavy atom. The smallest absolute Gasteiger partial charge is 0.311 e. The summed E-state index contributed by atoms with van der Waals surface area (Å²) in [6, 6.07) is 7.46. The molecule has 30 heavy (non-hydrogen) atoms. The number of nitrogens with one attached hydrogen (secondary N) is 1. The van der Waals surface area contributed by atoms with Gasteiger partial charge in [0.25, 0.3) is 18.5 Å². The second-order valence-corrected chi connectivity index (χ2v) is 6.04. The van der Waals surface area contributed by atoms with Gasteiger partial charge in [0.1, 0.15) is 18.1 Å². The normalized spacial score (nSPS) is 18.5. The van der Waals surface area contributed by atoms with Gasteiger partial charge in [0.2, 0.25) is 5.72 Å². The van der Waals surface area contributed by atoms with Crippen molar-refractivity contribution in [3.8, 4) is 5.75 Å². The molecule has 0 saturated carbocycles. The highest BCUT2D eigenvalue weighted by Crippen LogP contribution is 2.31. The predicted octanol–water partition coefficient (Wildman–Crippen LogP) is 2.83. The van der Waals surface area contributed by atoms with Crippen LogP contribution in [0.3, 0.4) is 0 Å². The summed E-state index contributed by atoms with van der Waals surface area (Å²) in [5, 5.41) is 20.5. The van der Waals surface area contributed by atoms with Gasteiger partial charge in [0.15, 0.2) is 5.76 Å². The zero-order valence-corrected chi connectivity index (χ0v) is 14.8. The fraction of sp³-hybridized carbons (Fsp3) is 0.235. The van der Waals surface area contributed by atoms with E-state index in [1.54, 1.807) is 5.43 Å². The van der Waals surface area contributed by atoms with Crippen molar-refractivity contribution in [1.82, 2.24) is 10.4 Å². The van der Waals surface area contributed by atoms with Crippen LogP contribution in [0.1, 0.15) is 16.3 Å². The summed E-state index contributed by atoms with van der Waals surface area (Å²) >= 11 is 0. The number of allylic oxidation sites excluding steroid dienone is 1. The van der Waals surface area contributed by atoms with E-state index in [0.717, 1.165) is 6.07 Å². The van der Waals surface area contributed by atoms with Crippen LogP contribution in [0.25, 0.3) is 0 Å². The first kappa shape index (κ1) is 21.1. The van der Waals surface area contributed by atoms with Gasteiger partial charge >= 0.3 is 5.91 Å². The SMILES string of the molecule is O=C(c1ccc(COc2ccc([N+](=O)[O-])cc2)o1)N1NC(C(F)F)=CC1(O)C(F)F.